The minimum Gasteiger partial charge on any atom is -0.382 e. The van der Waals surface area contributed by atoms with Gasteiger partial charge in [-0.3, -0.25) is 0 Å². The SMILES string of the molecule is CNCC(C)(O)c1cnnn1-c1ccccc1. The number of aromatic nitrogens is 3. The quantitative estimate of drug-likeness (QED) is 0.814. The third kappa shape index (κ3) is 2.35. The molecule has 2 aromatic rings. The molecule has 0 saturated carbocycles. The van der Waals surface area contributed by atoms with Crippen molar-refractivity contribution in [3.8, 4) is 5.69 Å². The molecule has 0 spiro atoms. The normalized spacial score (nSPS) is 14.5. The van der Waals surface area contributed by atoms with Gasteiger partial charge in [0.05, 0.1) is 17.6 Å². The van der Waals surface area contributed by atoms with Crippen LogP contribution in [0.15, 0.2) is 36.5 Å². The van der Waals surface area contributed by atoms with Crippen LogP contribution in [0.2, 0.25) is 0 Å². The van der Waals surface area contributed by atoms with Crippen molar-refractivity contribution in [1.29, 1.82) is 0 Å². The number of para-hydroxylation sites is 1. The van der Waals surface area contributed by atoms with E-state index in [-0.39, 0.29) is 0 Å². The number of benzene rings is 1. The van der Waals surface area contributed by atoms with Crippen LogP contribution in [-0.2, 0) is 5.60 Å². The molecule has 2 rings (SSSR count). The van der Waals surface area contributed by atoms with E-state index in [1.807, 2.05) is 30.3 Å². The highest BCUT2D eigenvalue weighted by Crippen LogP contribution is 2.21. The van der Waals surface area contributed by atoms with Crippen LogP contribution in [0.3, 0.4) is 0 Å². The zero-order chi connectivity index (χ0) is 12.3. The molecule has 1 atom stereocenters. The highest BCUT2D eigenvalue weighted by Gasteiger charge is 2.27. The first-order chi connectivity index (χ1) is 8.15. The van der Waals surface area contributed by atoms with Crippen LogP contribution >= 0.6 is 0 Å². The largest absolute Gasteiger partial charge is 0.382 e. The van der Waals surface area contributed by atoms with Crippen LogP contribution < -0.4 is 5.32 Å². The van der Waals surface area contributed by atoms with Crippen LogP contribution in [0.4, 0.5) is 0 Å². The van der Waals surface area contributed by atoms with Crippen molar-refractivity contribution in [2.45, 2.75) is 12.5 Å². The zero-order valence-electron chi connectivity index (χ0n) is 9.96. The monoisotopic (exact) mass is 232 g/mol. The van der Waals surface area contributed by atoms with E-state index in [2.05, 4.69) is 15.6 Å². The molecule has 0 fully saturated rings. The highest BCUT2D eigenvalue weighted by molar-refractivity contribution is 5.32. The molecule has 5 heteroatoms. The second-order valence-corrected chi connectivity index (χ2v) is 4.17. The molecular weight excluding hydrogens is 216 g/mol. The van der Waals surface area contributed by atoms with Gasteiger partial charge in [-0.05, 0) is 26.1 Å². The molecule has 0 aliphatic carbocycles. The maximum Gasteiger partial charge on any atom is 0.118 e. The van der Waals surface area contributed by atoms with E-state index in [1.165, 1.54) is 0 Å². The average molecular weight is 232 g/mol. The lowest BCUT2D eigenvalue weighted by atomic mass is 10.0. The van der Waals surface area contributed by atoms with E-state index in [9.17, 15) is 5.11 Å². The molecule has 17 heavy (non-hydrogen) atoms. The van der Waals surface area contributed by atoms with Gasteiger partial charge in [-0.2, -0.15) is 0 Å². The fourth-order valence-corrected chi connectivity index (χ4v) is 1.80. The van der Waals surface area contributed by atoms with Crippen LogP contribution in [0.25, 0.3) is 5.69 Å². The summed E-state index contributed by atoms with van der Waals surface area (Å²) in [5.74, 6) is 0. The number of likely N-dealkylation sites (N-methyl/N-ethyl adjacent to an activating group) is 1. The van der Waals surface area contributed by atoms with Crippen molar-refractivity contribution in [3.63, 3.8) is 0 Å². The summed E-state index contributed by atoms with van der Waals surface area (Å²) in [4.78, 5) is 0. The smallest absolute Gasteiger partial charge is 0.118 e. The number of nitrogens with zero attached hydrogens (tertiary/aromatic N) is 3. The Morgan fingerprint density at radius 1 is 1.35 bits per heavy atom. The molecule has 1 aromatic carbocycles. The highest BCUT2D eigenvalue weighted by atomic mass is 16.3. The first-order valence-corrected chi connectivity index (χ1v) is 5.49. The lowest BCUT2D eigenvalue weighted by Gasteiger charge is -2.23. The molecule has 0 aliphatic rings. The summed E-state index contributed by atoms with van der Waals surface area (Å²) in [6.45, 7) is 2.18. The van der Waals surface area contributed by atoms with Gasteiger partial charge in [-0.1, -0.05) is 23.4 Å². The van der Waals surface area contributed by atoms with E-state index in [4.69, 9.17) is 0 Å². The second-order valence-electron chi connectivity index (χ2n) is 4.17. The molecule has 1 unspecified atom stereocenters. The predicted molar refractivity (Wildman–Crippen MR) is 64.9 cm³/mol. The lowest BCUT2D eigenvalue weighted by Crippen LogP contribution is -2.35. The number of rotatable bonds is 4. The van der Waals surface area contributed by atoms with Crippen molar-refractivity contribution >= 4 is 0 Å². The molecule has 2 N–H and O–H groups in total. The molecule has 5 nitrogen and oxygen atoms in total. The van der Waals surface area contributed by atoms with Crippen molar-refractivity contribution in [1.82, 2.24) is 20.3 Å². The Kier molecular flexibility index (Phi) is 3.21. The Hall–Kier alpha value is -1.72. The van der Waals surface area contributed by atoms with E-state index in [0.717, 1.165) is 5.69 Å². The number of hydrogen-bond acceptors (Lipinski definition) is 4. The number of hydrogen-bond donors (Lipinski definition) is 2. The van der Waals surface area contributed by atoms with Crippen LogP contribution in [0, 0.1) is 0 Å². The number of nitrogens with one attached hydrogen (secondary N) is 1. The molecule has 0 bridgehead atoms. The van der Waals surface area contributed by atoms with Gasteiger partial charge < -0.3 is 10.4 Å². The molecule has 0 saturated heterocycles. The fraction of sp³-hybridized carbons (Fsp3) is 0.333. The Balaban J connectivity index is 2.42. The Morgan fingerprint density at radius 3 is 2.71 bits per heavy atom. The van der Waals surface area contributed by atoms with Gasteiger partial charge in [-0.25, -0.2) is 4.68 Å². The maximum atomic E-state index is 10.4. The van der Waals surface area contributed by atoms with Crippen LogP contribution in [-0.4, -0.2) is 33.7 Å². The van der Waals surface area contributed by atoms with Crippen molar-refractivity contribution in [3.05, 3.63) is 42.2 Å². The topological polar surface area (TPSA) is 63.0 Å². The van der Waals surface area contributed by atoms with Crippen molar-refractivity contribution < 1.29 is 5.11 Å². The molecule has 1 aromatic heterocycles. The molecular formula is C12H16N4O. The fourth-order valence-electron chi connectivity index (χ4n) is 1.80. The Morgan fingerprint density at radius 2 is 2.06 bits per heavy atom. The average Bonchev–Trinajstić information content (AvgIpc) is 2.79. The first kappa shape index (κ1) is 11.8. The number of aliphatic hydroxyl groups is 1. The van der Waals surface area contributed by atoms with Crippen LogP contribution in [0.5, 0.6) is 0 Å². The summed E-state index contributed by atoms with van der Waals surface area (Å²) in [5, 5.41) is 21.2. The van der Waals surface area contributed by atoms with Gasteiger partial charge in [-0.15, -0.1) is 5.10 Å². The van der Waals surface area contributed by atoms with E-state index < -0.39 is 5.60 Å². The van der Waals surface area contributed by atoms with E-state index >= 15 is 0 Å². The minimum atomic E-state index is -1.01. The third-order valence-corrected chi connectivity index (χ3v) is 2.62. The molecule has 0 radical (unpaired) electrons. The molecule has 90 valence electrons. The van der Waals surface area contributed by atoms with Gasteiger partial charge >= 0.3 is 0 Å². The zero-order valence-corrected chi connectivity index (χ0v) is 9.96. The molecule has 0 aliphatic heterocycles. The van der Waals surface area contributed by atoms with E-state index in [1.54, 1.807) is 24.9 Å². The summed E-state index contributed by atoms with van der Waals surface area (Å²) >= 11 is 0. The lowest BCUT2D eigenvalue weighted by molar-refractivity contribution is 0.0521. The van der Waals surface area contributed by atoms with E-state index in [0.29, 0.717) is 12.2 Å². The van der Waals surface area contributed by atoms with Gasteiger partial charge in [0.15, 0.2) is 0 Å². The summed E-state index contributed by atoms with van der Waals surface area (Å²) in [5.41, 5.74) is 0.545. The second kappa shape index (κ2) is 4.65. The summed E-state index contributed by atoms with van der Waals surface area (Å²) in [6, 6.07) is 9.63. The summed E-state index contributed by atoms with van der Waals surface area (Å²) < 4.78 is 1.65. The van der Waals surface area contributed by atoms with Crippen molar-refractivity contribution in [2.75, 3.05) is 13.6 Å². The summed E-state index contributed by atoms with van der Waals surface area (Å²) in [6.07, 6.45) is 1.59. The summed E-state index contributed by atoms with van der Waals surface area (Å²) in [7, 11) is 1.80. The molecule has 0 amide bonds. The first-order valence-electron chi connectivity index (χ1n) is 5.49. The Labute approximate surface area is 100 Å². The predicted octanol–water partition coefficient (Wildman–Crippen LogP) is 0.694. The van der Waals surface area contributed by atoms with Crippen molar-refractivity contribution in [2.24, 2.45) is 0 Å². The minimum absolute atomic E-state index is 0.438. The van der Waals surface area contributed by atoms with Gasteiger partial charge in [0.1, 0.15) is 5.60 Å². The van der Waals surface area contributed by atoms with Gasteiger partial charge in [0.25, 0.3) is 0 Å². The molecule has 1 heterocycles. The van der Waals surface area contributed by atoms with Gasteiger partial charge in [0, 0.05) is 6.54 Å². The maximum absolute atomic E-state index is 10.4. The standard InChI is InChI=1S/C12H16N4O/c1-12(17,9-13-2)11-8-14-15-16(11)10-6-4-3-5-7-10/h3-8,13,17H,9H2,1-2H3. The van der Waals surface area contributed by atoms with Gasteiger partial charge in [0.2, 0.25) is 0 Å². The Bertz CT molecular complexity index is 478. The third-order valence-electron chi connectivity index (χ3n) is 2.62. The van der Waals surface area contributed by atoms with Crippen LogP contribution in [0.1, 0.15) is 12.6 Å².